The van der Waals surface area contributed by atoms with Crippen molar-refractivity contribution < 1.29 is 9.53 Å². The lowest BCUT2D eigenvalue weighted by Gasteiger charge is -2.34. The van der Waals surface area contributed by atoms with Crippen molar-refractivity contribution in [1.29, 1.82) is 0 Å². The molecule has 17 heavy (non-hydrogen) atoms. The Kier molecular flexibility index (Phi) is 3.45. The van der Waals surface area contributed by atoms with Gasteiger partial charge in [-0.1, -0.05) is 18.2 Å². The van der Waals surface area contributed by atoms with E-state index in [1.165, 1.54) is 0 Å². The van der Waals surface area contributed by atoms with Gasteiger partial charge in [0.25, 0.3) is 5.91 Å². The molecule has 1 fully saturated rings. The average Bonchev–Trinajstić information content (AvgIpc) is 2.31. The molecular weight excluding hydrogens is 216 g/mol. The summed E-state index contributed by atoms with van der Waals surface area (Å²) in [6.07, 6.45) is -0.0632. The third-order valence-corrected chi connectivity index (χ3v) is 3.10. The van der Waals surface area contributed by atoms with Crippen LogP contribution in [0.1, 0.15) is 11.1 Å². The maximum absolute atomic E-state index is 11.9. The van der Waals surface area contributed by atoms with Crippen LogP contribution in [0, 0.1) is 13.8 Å². The van der Waals surface area contributed by atoms with E-state index in [0.29, 0.717) is 13.1 Å². The summed E-state index contributed by atoms with van der Waals surface area (Å²) in [7, 11) is 0. The number of ether oxygens (including phenoxy) is 1. The summed E-state index contributed by atoms with van der Waals surface area (Å²) in [5.74, 6) is 0.00657. The fourth-order valence-electron chi connectivity index (χ4n) is 2.22. The van der Waals surface area contributed by atoms with E-state index in [0.717, 1.165) is 16.8 Å². The van der Waals surface area contributed by atoms with E-state index in [2.05, 4.69) is 0 Å². The van der Waals surface area contributed by atoms with E-state index in [1.807, 2.05) is 32.0 Å². The lowest BCUT2D eigenvalue weighted by atomic mass is 10.1. The number of rotatable bonds is 2. The van der Waals surface area contributed by atoms with Gasteiger partial charge < -0.3 is 15.4 Å². The van der Waals surface area contributed by atoms with Crippen LogP contribution in [0.2, 0.25) is 0 Å². The first kappa shape index (κ1) is 12.1. The third kappa shape index (κ3) is 2.33. The lowest BCUT2D eigenvalue weighted by molar-refractivity contribution is -0.128. The van der Waals surface area contributed by atoms with E-state index in [9.17, 15) is 4.79 Å². The third-order valence-electron chi connectivity index (χ3n) is 3.10. The fraction of sp³-hybridized carbons (Fsp3) is 0.462. The van der Waals surface area contributed by atoms with Crippen LogP contribution in [-0.2, 0) is 9.53 Å². The first-order valence-electron chi connectivity index (χ1n) is 5.81. The molecule has 0 saturated carbocycles. The predicted octanol–water partition coefficient (Wildman–Crippen LogP) is 0.994. The maximum Gasteiger partial charge on any atom is 0.253 e. The van der Waals surface area contributed by atoms with Crippen molar-refractivity contribution in [3.05, 3.63) is 29.3 Å². The Balaban J connectivity index is 2.34. The molecule has 4 nitrogen and oxygen atoms in total. The lowest BCUT2D eigenvalue weighted by Crippen LogP contribution is -2.49. The van der Waals surface area contributed by atoms with Crippen LogP contribution >= 0.6 is 0 Å². The zero-order valence-corrected chi connectivity index (χ0v) is 10.3. The first-order valence-corrected chi connectivity index (χ1v) is 5.81. The number of morpholine rings is 1. The molecule has 2 rings (SSSR count). The number of nitrogens with zero attached hydrogens (tertiary/aromatic N) is 1. The zero-order chi connectivity index (χ0) is 12.4. The van der Waals surface area contributed by atoms with Crippen molar-refractivity contribution >= 4 is 11.6 Å². The summed E-state index contributed by atoms with van der Waals surface area (Å²) in [5, 5.41) is 0. The minimum absolute atomic E-state index is 0.00657. The van der Waals surface area contributed by atoms with Gasteiger partial charge >= 0.3 is 0 Å². The molecule has 0 aliphatic carbocycles. The summed E-state index contributed by atoms with van der Waals surface area (Å²) >= 11 is 0. The fourth-order valence-corrected chi connectivity index (χ4v) is 2.22. The molecule has 1 aromatic rings. The first-order chi connectivity index (χ1) is 8.13. The summed E-state index contributed by atoms with van der Waals surface area (Å²) in [6, 6.07) is 6.03. The highest BCUT2D eigenvalue weighted by Crippen LogP contribution is 2.26. The number of benzene rings is 1. The molecule has 1 unspecified atom stereocenters. The molecule has 0 bridgehead atoms. The van der Waals surface area contributed by atoms with Crippen molar-refractivity contribution in [2.24, 2.45) is 5.73 Å². The van der Waals surface area contributed by atoms with Crippen molar-refractivity contribution in [3.63, 3.8) is 0 Å². The highest BCUT2D eigenvalue weighted by molar-refractivity contribution is 5.96. The highest BCUT2D eigenvalue weighted by Gasteiger charge is 2.28. The minimum Gasteiger partial charge on any atom is -0.365 e. The second-order valence-electron chi connectivity index (χ2n) is 4.41. The number of hydrogen-bond donors (Lipinski definition) is 1. The molecule has 0 aromatic heterocycles. The Morgan fingerprint density at radius 2 is 2.06 bits per heavy atom. The topological polar surface area (TPSA) is 55.6 Å². The van der Waals surface area contributed by atoms with Gasteiger partial charge in [-0.25, -0.2) is 0 Å². The van der Waals surface area contributed by atoms with Crippen LogP contribution in [-0.4, -0.2) is 31.7 Å². The highest BCUT2D eigenvalue weighted by atomic mass is 16.5. The van der Waals surface area contributed by atoms with E-state index in [1.54, 1.807) is 4.90 Å². The summed E-state index contributed by atoms with van der Waals surface area (Å²) in [4.78, 5) is 13.7. The largest absolute Gasteiger partial charge is 0.365 e. The Hall–Kier alpha value is -1.39. The Bertz CT molecular complexity index is 411. The molecule has 1 aliphatic rings. The minimum atomic E-state index is -0.0632. The SMILES string of the molecule is Cc1cccc(C)c1N1CC(CN)OCC1=O. The van der Waals surface area contributed by atoms with Gasteiger partial charge in [0.15, 0.2) is 0 Å². The molecule has 1 saturated heterocycles. The number of nitrogens with two attached hydrogens (primary N) is 1. The normalized spacial score (nSPS) is 20.8. The molecule has 1 aliphatic heterocycles. The number of carbonyl (C=O) groups is 1. The van der Waals surface area contributed by atoms with Crippen LogP contribution < -0.4 is 10.6 Å². The Morgan fingerprint density at radius 1 is 1.41 bits per heavy atom. The van der Waals surface area contributed by atoms with Gasteiger partial charge in [-0.3, -0.25) is 4.79 Å². The van der Waals surface area contributed by atoms with Crippen molar-refractivity contribution in [3.8, 4) is 0 Å². The Morgan fingerprint density at radius 3 is 2.65 bits per heavy atom. The van der Waals surface area contributed by atoms with Crippen LogP contribution in [0.4, 0.5) is 5.69 Å². The van der Waals surface area contributed by atoms with E-state index in [4.69, 9.17) is 10.5 Å². The number of para-hydroxylation sites is 1. The predicted molar refractivity (Wildman–Crippen MR) is 67.1 cm³/mol. The number of amides is 1. The van der Waals surface area contributed by atoms with Crippen LogP contribution in [0.5, 0.6) is 0 Å². The molecule has 0 spiro atoms. The van der Waals surface area contributed by atoms with Gasteiger partial charge in [0.2, 0.25) is 0 Å². The van der Waals surface area contributed by atoms with Gasteiger partial charge in [-0.15, -0.1) is 0 Å². The van der Waals surface area contributed by atoms with Gasteiger partial charge in [0, 0.05) is 12.2 Å². The molecule has 92 valence electrons. The maximum atomic E-state index is 11.9. The number of aryl methyl sites for hydroxylation is 2. The van der Waals surface area contributed by atoms with Gasteiger partial charge in [-0.05, 0) is 25.0 Å². The summed E-state index contributed by atoms with van der Waals surface area (Å²) in [6.45, 7) is 5.14. The van der Waals surface area contributed by atoms with E-state index >= 15 is 0 Å². The van der Waals surface area contributed by atoms with Crippen molar-refractivity contribution in [1.82, 2.24) is 0 Å². The summed E-state index contributed by atoms with van der Waals surface area (Å²) in [5.41, 5.74) is 8.82. The standard InChI is InChI=1S/C13H18N2O2/c1-9-4-3-5-10(2)13(9)15-7-11(6-14)17-8-12(15)16/h3-5,11H,6-8,14H2,1-2H3. The molecule has 2 N–H and O–H groups in total. The van der Waals surface area contributed by atoms with E-state index < -0.39 is 0 Å². The van der Waals surface area contributed by atoms with Gasteiger partial charge in [0.1, 0.15) is 6.61 Å². The summed E-state index contributed by atoms with van der Waals surface area (Å²) < 4.78 is 5.35. The van der Waals surface area contributed by atoms with Crippen molar-refractivity contribution in [2.75, 3.05) is 24.6 Å². The zero-order valence-electron chi connectivity index (χ0n) is 10.3. The van der Waals surface area contributed by atoms with Crippen LogP contribution in [0.15, 0.2) is 18.2 Å². The second kappa shape index (κ2) is 4.85. The molecule has 1 aromatic carbocycles. The monoisotopic (exact) mass is 234 g/mol. The molecule has 1 atom stereocenters. The average molecular weight is 234 g/mol. The Labute approximate surface area is 101 Å². The van der Waals surface area contributed by atoms with Crippen molar-refractivity contribution in [2.45, 2.75) is 20.0 Å². The van der Waals surface area contributed by atoms with Gasteiger partial charge in [-0.2, -0.15) is 0 Å². The number of carbonyl (C=O) groups excluding carboxylic acids is 1. The van der Waals surface area contributed by atoms with Crippen LogP contribution in [0.3, 0.4) is 0 Å². The van der Waals surface area contributed by atoms with Gasteiger partial charge in [0.05, 0.1) is 12.6 Å². The molecular formula is C13H18N2O2. The number of anilines is 1. The quantitative estimate of drug-likeness (QED) is 0.830. The molecule has 1 heterocycles. The van der Waals surface area contributed by atoms with Crippen LogP contribution in [0.25, 0.3) is 0 Å². The molecule has 4 heteroatoms. The second-order valence-corrected chi connectivity index (χ2v) is 4.41. The molecule has 1 amide bonds. The molecule has 0 radical (unpaired) electrons. The van der Waals surface area contributed by atoms with E-state index in [-0.39, 0.29) is 18.6 Å². The number of hydrogen-bond acceptors (Lipinski definition) is 3. The smallest absolute Gasteiger partial charge is 0.253 e.